The number of benzene rings is 2. The molecule has 0 radical (unpaired) electrons. The van der Waals surface area contributed by atoms with Crippen molar-refractivity contribution in [1.82, 2.24) is 14.7 Å². The van der Waals surface area contributed by atoms with Gasteiger partial charge in [-0.05, 0) is 66.7 Å². The number of fused-ring (bicyclic) bond motifs is 1. The minimum absolute atomic E-state index is 0.0274. The maximum atomic E-state index is 14.3. The summed E-state index contributed by atoms with van der Waals surface area (Å²) in [6.45, 7) is 1.88. The van der Waals surface area contributed by atoms with Crippen LogP contribution in [0, 0.1) is 6.92 Å². The summed E-state index contributed by atoms with van der Waals surface area (Å²) in [5.74, 6) is -1.65. The van der Waals surface area contributed by atoms with Gasteiger partial charge >= 0.3 is 0 Å². The summed E-state index contributed by atoms with van der Waals surface area (Å²) < 4.78 is 4.03. The van der Waals surface area contributed by atoms with E-state index in [1.54, 1.807) is 12.3 Å². The minimum atomic E-state index is -1.02. The van der Waals surface area contributed by atoms with E-state index in [2.05, 4.69) is 14.7 Å². The van der Waals surface area contributed by atoms with Gasteiger partial charge in [0.1, 0.15) is 10.9 Å². The highest BCUT2D eigenvalue weighted by molar-refractivity contribution is 7.09. The van der Waals surface area contributed by atoms with E-state index in [0.29, 0.717) is 11.3 Å². The van der Waals surface area contributed by atoms with Gasteiger partial charge in [-0.25, -0.2) is 0 Å². The van der Waals surface area contributed by atoms with Crippen molar-refractivity contribution >= 4 is 51.5 Å². The number of aryl methyl sites for hydroxylation is 1. The van der Waals surface area contributed by atoms with Crippen LogP contribution in [0.15, 0.2) is 60.8 Å². The van der Waals surface area contributed by atoms with Crippen molar-refractivity contribution in [2.45, 2.75) is 51.1 Å². The van der Waals surface area contributed by atoms with Crippen molar-refractivity contribution in [2.75, 3.05) is 10.6 Å². The Morgan fingerprint density at radius 1 is 1.05 bits per heavy atom. The van der Waals surface area contributed by atoms with Crippen molar-refractivity contribution in [3.05, 3.63) is 82.5 Å². The Kier molecular flexibility index (Phi) is 7.56. The molecule has 1 aliphatic rings. The first-order valence-corrected chi connectivity index (χ1v) is 13.7. The molecule has 0 saturated heterocycles. The number of nitrogens with one attached hydrogen (secondary N) is 1. The summed E-state index contributed by atoms with van der Waals surface area (Å²) in [5, 5.41) is 4.06. The average Bonchev–Trinajstić information content (AvgIpc) is 3.33. The summed E-state index contributed by atoms with van der Waals surface area (Å²) in [6.07, 6.45) is 6.73. The number of hydrogen-bond acceptors (Lipinski definition) is 7. The molecule has 2 aromatic heterocycles. The van der Waals surface area contributed by atoms with Crippen molar-refractivity contribution in [1.29, 1.82) is 0 Å². The van der Waals surface area contributed by atoms with Crippen LogP contribution in [-0.2, 0) is 4.79 Å². The van der Waals surface area contributed by atoms with Gasteiger partial charge in [0.15, 0.2) is 5.69 Å². The maximum Gasteiger partial charge on any atom is 0.273 e. The minimum Gasteiger partial charge on any atom is -0.395 e. The predicted molar refractivity (Wildman–Crippen MR) is 153 cm³/mol. The molecule has 9 nitrogen and oxygen atoms in total. The third-order valence-electron chi connectivity index (χ3n) is 7.15. The molecule has 0 aliphatic heterocycles. The number of pyridine rings is 1. The van der Waals surface area contributed by atoms with Gasteiger partial charge in [-0.15, -0.1) is 0 Å². The fraction of sp³-hybridized carbons (Fsp3) is 0.276. The highest BCUT2D eigenvalue weighted by atomic mass is 32.1. The van der Waals surface area contributed by atoms with Crippen molar-refractivity contribution in [3.63, 3.8) is 0 Å². The zero-order valence-electron chi connectivity index (χ0n) is 21.6. The number of amides is 3. The number of carbonyl (C=O) groups excluding carboxylic acids is 3. The number of hydrogen-bond donors (Lipinski definition) is 3. The van der Waals surface area contributed by atoms with Gasteiger partial charge in [0.25, 0.3) is 11.8 Å². The van der Waals surface area contributed by atoms with E-state index in [1.807, 2.05) is 55.5 Å². The number of para-hydroxylation sites is 1. The van der Waals surface area contributed by atoms with Gasteiger partial charge in [0.05, 0.1) is 11.2 Å². The number of nitrogens with two attached hydrogens (primary N) is 2. The molecule has 5 N–H and O–H groups in total. The molecule has 1 saturated carbocycles. The van der Waals surface area contributed by atoms with Crippen LogP contribution in [0.2, 0.25) is 0 Å². The zero-order chi connectivity index (χ0) is 27.5. The first kappa shape index (κ1) is 26.3. The Morgan fingerprint density at radius 2 is 1.82 bits per heavy atom. The second kappa shape index (κ2) is 11.2. The Morgan fingerprint density at radius 3 is 2.54 bits per heavy atom. The predicted octanol–water partition coefficient (Wildman–Crippen LogP) is 4.52. The molecule has 10 heteroatoms. The first-order valence-electron chi connectivity index (χ1n) is 12.9. The molecule has 1 atom stereocenters. The number of carbonyl (C=O) groups is 3. The first-order chi connectivity index (χ1) is 18.8. The van der Waals surface area contributed by atoms with Gasteiger partial charge in [0.2, 0.25) is 5.91 Å². The lowest BCUT2D eigenvalue weighted by atomic mass is 9.94. The van der Waals surface area contributed by atoms with Gasteiger partial charge in [-0.2, -0.15) is 4.37 Å². The van der Waals surface area contributed by atoms with Crippen LogP contribution < -0.4 is 21.7 Å². The lowest BCUT2D eigenvalue weighted by molar-refractivity contribution is -0.123. The Bertz CT molecular complexity index is 1550. The SMILES string of the molecule is Cc1ccccc1N(C(=O)c1snc(C(N)=O)c1N)[C@H](C(=O)NC1CCCCC1)c1ccc2ncccc2c1. The van der Waals surface area contributed by atoms with E-state index in [0.717, 1.165) is 60.1 Å². The molecular weight excluding hydrogens is 512 g/mol. The third-order valence-corrected chi connectivity index (χ3v) is 8.00. The van der Waals surface area contributed by atoms with E-state index in [1.165, 1.54) is 4.90 Å². The van der Waals surface area contributed by atoms with Crippen LogP contribution >= 0.6 is 11.5 Å². The highest BCUT2D eigenvalue weighted by Gasteiger charge is 2.37. The van der Waals surface area contributed by atoms with E-state index in [9.17, 15) is 14.4 Å². The summed E-state index contributed by atoms with van der Waals surface area (Å²) >= 11 is 0.795. The largest absolute Gasteiger partial charge is 0.395 e. The summed E-state index contributed by atoms with van der Waals surface area (Å²) in [7, 11) is 0. The third kappa shape index (κ3) is 5.33. The van der Waals surface area contributed by atoms with Gasteiger partial charge in [-0.3, -0.25) is 24.3 Å². The van der Waals surface area contributed by atoms with Crippen LogP contribution in [0.3, 0.4) is 0 Å². The number of nitrogen functional groups attached to an aromatic ring is 1. The standard InChI is InChI=1S/C29H30N6O3S/c1-17-8-5-6-12-22(17)35(29(38)26-23(30)24(27(31)36)34-39-26)25(28(37)33-20-10-3-2-4-11-20)19-13-14-21-18(16-19)9-7-15-32-21/h5-9,12-16,20,25H,2-4,10-11,30H2,1H3,(H2,31,36)(H,33,37)/t25-/m0/s1. The quantitative estimate of drug-likeness (QED) is 0.313. The van der Waals surface area contributed by atoms with Crippen LogP contribution in [0.25, 0.3) is 10.9 Å². The fourth-order valence-electron chi connectivity index (χ4n) is 5.15. The molecule has 4 aromatic rings. The van der Waals surface area contributed by atoms with Crippen molar-refractivity contribution in [3.8, 4) is 0 Å². The molecule has 3 amide bonds. The topological polar surface area (TPSA) is 144 Å². The van der Waals surface area contributed by atoms with Crippen LogP contribution in [0.4, 0.5) is 11.4 Å². The lowest BCUT2D eigenvalue weighted by Crippen LogP contribution is -2.47. The molecule has 39 heavy (non-hydrogen) atoms. The van der Waals surface area contributed by atoms with E-state index in [-0.39, 0.29) is 28.2 Å². The Hall–Kier alpha value is -4.31. The van der Waals surface area contributed by atoms with E-state index >= 15 is 0 Å². The molecule has 1 fully saturated rings. The normalized spacial score (nSPS) is 14.6. The number of aromatic nitrogens is 2. The molecule has 2 aromatic carbocycles. The number of primary amides is 1. The Labute approximate surface area is 230 Å². The average molecular weight is 543 g/mol. The van der Waals surface area contributed by atoms with Gasteiger partial charge in [-0.1, -0.05) is 49.6 Å². The maximum absolute atomic E-state index is 14.3. The molecule has 1 aliphatic carbocycles. The number of nitrogens with zero attached hydrogens (tertiary/aromatic N) is 3. The Balaban J connectivity index is 1.67. The molecular formula is C29H30N6O3S. The lowest BCUT2D eigenvalue weighted by Gasteiger charge is -2.34. The second-order valence-electron chi connectivity index (χ2n) is 9.80. The summed E-state index contributed by atoms with van der Waals surface area (Å²) in [5.41, 5.74) is 14.1. The van der Waals surface area contributed by atoms with E-state index in [4.69, 9.17) is 11.5 Å². The van der Waals surface area contributed by atoms with E-state index < -0.39 is 17.9 Å². The van der Waals surface area contributed by atoms with Crippen LogP contribution in [0.1, 0.15) is 69.4 Å². The smallest absolute Gasteiger partial charge is 0.273 e. The molecule has 5 rings (SSSR count). The van der Waals surface area contributed by atoms with Crippen molar-refractivity contribution < 1.29 is 14.4 Å². The summed E-state index contributed by atoms with van der Waals surface area (Å²) in [6, 6.07) is 15.7. The summed E-state index contributed by atoms with van der Waals surface area (Å²) in [4.78, 5) is 46.2. The molecule has 2 heterocycles. The van der Waals surface area contributed by atoms with Crippen LogP contribution in [0.5, 0.6) is 0 Å². The molecule has 0 unspecified atom stereocenters. The number of anilines is 2. The molecule has 0 bridgehead atoms. The van der Waals surface area contributed by atoms with Gasteiger partial charge < -0.3 is 16.8 Å². The monoisotopic (exact) mass is 542 g/mol. The second-order valence-corrected chi connectivity index (χ2v) is 10.6. The zero-order valence-corrected chi connectivity index (χ0v) is 22.4. The number of rotatable bonds is 7. The highest BCUT2D eigenvalue weighted by Crippen LogP contribution is 2.36. The van der Waals surface area contributed by atoms with Crippen molar-refractivity contribution in [2.24, 2.45) is 5.73 Å². The fourth-order valence-corrected chi connectivity index (χ4v) is 5.89. The van der Waals surface area contributed by atoms with Crippen LogP contribution in [-0.4, -0.2) is 33.1 Å². The molecule has 0 spiro atoms. The van der Waals surface area contributed by atoms with Gasteiger partial charge in [0, 0.05) is 23.3 Å². The molecule has 200 valence electrons.